The second kappa shape index (κ2) is 8.35. The number of halogens is 1. The number of amides is 1. The van der Waals surface area contributed by atoms with Crippen LogP contribution in [-0.2, 0) is 6.42 Å². The molecule has 2 aromatic carbocycles. The van der Waals surface area contributed by atoms with Crippen LogP contribution in [0.4, 0.5) is 4.39 Å². The van der Waals surface area contributed by atoms with Crippen molar-refractivity contribution in [1.82, 2.24) is 15.1 Å². The SMILES string of the molecule is COc1ccccc1CCNC(=O)c1nn(-c2ccc(F)cc2)cc1OC. The van der Waals surface area contributed by atoms with Gasteiger partial charge in [0, 0.05) is 6.54 Å². The average molecular weight is 369 g/mol. The normalized spacial score (nSPS) is 10.5. The zero-order valence-corrected chi connectivity index (χ0v) is 15.1. The lowest BCUT2D eigenvalue weighted by molar-refractivity contribution is 0.0945. The van der Waals surface area contributed by atoms with Crippen molar-refractivity contribution in [2.45, 2.75) is 6.42 Å². The molecule has 3 aromatic rings. The number of aromatic nitrogens is 2. The van der Waals surface area contributed by atoms with E-state index < -0.39 is 0 Å². The smallest absolute Gasteiger partial charge is 0.275 e. The summed E-state index contributed by atoms with van der Waals surface area (Å²) < 4.78 is 25.1. The number of para-hydroxylation sites is 1. The minimum absolute atomic E-state index is 0.168. The van der Waals surface area contributed by atoms with Crippen molar-refractivity contribution in [3.63, 3.8) is 0 Å². The minimum Gasteiger partial charge on any atom is -0.496 e. The van der Waals surface area contributed by atoms with E-state index in [-0.39, 0.29) is 17.4 Å². The maximum absolute atomic E-state index is 13.1. The molecule has 3 rings (SSSR count). The Bertz CT molecular complexity index is 922. The van der Waals surface area contributed by atoms with Crippen molar-refractivity contribution in [3.8, 4) is 17.2 Å². The highest BCUT2D eigenvalue weighted by Crippen LogP contribution is 2.20. The molecule has 0 spiro atoms. The lowest BCUT2D eigenvalue weighted by Gasteiger charge is -2.08. The first-order valence-corrected chi connectivity index (χ1v) is 8.42. The summed E-state index contributed by atoms with van der Waals surface area (Å²) in [7, 11) is 3.09. The first-order chi connectivity index (χ1) is 13.1. The number of benzene rings is 2. The van der Waals surface area contributed by atoms with Crippen LogP contribution in [0.3, 0.4) is 0 Å². The first kappa shape index (κ1) is 18.4. The Labute approximate surface area is 156 Å². The first-order valence-electron chi connectivity index (χ1n) is 8.42. The summed E-state index contributed by atoms with van der Waals surface area (Å²) in [5, 5.41) is 7.11. The Morgan fingerprint density at radius 2 is 1.78 bits per heavy atom. The average Bonchev–Trinajstić information content (AvgIpc) is 3.13. The van der Waals surface area contributed by atoms with Crippen LogP contribution >= 0.6 is 0 Å². The summed E-state index contributed by atoms with van der Waals surface area (Å²) in [4.78, 5) is 12.5. The summed E-state index contributed by atoms with van der Waals surface area (Å²) in [6.45, 7) is 0.422. The standard InChI is InChI=1S/C20H20FN3O3/c1-26-17-6-4-3-5-14(17)11-12-22-20(25)19-18(27-2)13-24(23-19)16-9-7-15(21)8-10-16/h3-10,13H,11-12H2,1-2H3,(H,22,25). The number of nitrogens with one attached hydrogen (secondary N) is 1. The van der Waals surface area contributed by atoms with Gasteiger partial charge in [0.15, 0.2) is 11.4 Å². The lowest BCUT2D eigenvalue weighted by Crippen LogP contribution is -2.26. The van der Waals surface area contributed by atoms with E-state index in [0.717, 1.165) is 11.3 Å². The monoisotopic (exact) mass is 369 g/mol. The van der Waals surface area contributed by atoms with Gasteiger partial charge in [-0.1, -0.05) is 18.2 Å². The van der Waals surface area contributed by atoms with E-state index in [1.165, 1.54) is 23.9 Å². The molecule has 7 heteroatoms. The van der Waals surface area contributed by atoms with Crippen LogP contribution in [-0.4, -0.2) is 36.5 Å². The number of carbonyl (C=O) groups is 1. The molecule has 27 heavy (non-hydrogen) atoms. The van der Waals surface area contributed by atoms with Crippen molar-refractivity contribution >= 4 is 5.91 Å². The van der Waals surface area contributed by atoms with E-state index >= 15 is 0 Å². The van der Waals surface area contributed by atoms with Gasteiger partial charge < -0.3 is 14.8 Å². The molecule has 0 aliphatic heterocycles. The van der Waals surface area contributed by atoms with Gasteiger partial charge in [-0.25, -0.2) is 9.07 Å². The van der Waals surface area contributed by atoms with Crippen LogP contribution in [0.15, 0.2) is 54.7 Å². The molecule has 0 saturated carbocycles. The fraction of sp³-hybridized carbons (Fsp3) is 0.200. The molecule has 1 aromatic heterocycles. The van der Waals surface area contributed by atoms with Crippen molar-refractivity contribution in [1.29, 1.82) is 0 Å². The molecule has 1 N–H and O–H groups in total. The van der Waals surface area contributed by atoms with Gasteiger partial charge in [0.1, 0.15) is 11.6 Å². The largest absolute Gasteiger partial charge is 0.496 e. The van der Waals surface area contributed by atoms with Gasteiger partial charge in [0.25, 0.3) is 5.91 Å². The quantitative estimate of drug-likeness (QED) is 0.695. The molecule has 1 amide bonds. The van der Waals surface area contributed by atoms with Crippen molar-refractivity contribution < 1.29 is 18.7 Å². The number of hydrogen-bond donors (Lipinski definition) is 1. The van der Waals surface area contributed by atoms with E-state index in [1.807, 2.05) is 24.3 Å². The topological polar surface area (TPSA) is 65.4 Å². The fourth-order valence-corrected chi connectivity index (χ4v) is 2.69. The van der Waals surface area contributed by atoms with Crippen LogP contribution in [0.25, 0.3) is 5.69 Å². The van der Waals surface area contributed by atoms with Crippen molar-refractivity contribution in [2.75, 3.05) is 20.8 Å². The van der Waals surface area contributed by atoms with Crippen LogP contribution in [0.5, 0.6) is 11.5 Å². The Kier molecular flexibility index (Phi) is 5.71. The zero-order chi connectivity index (χ0) is 19.2. The molecular weight excluding hydrogens is 349 g/mol. The maximum Gasteiger partial charge on any atom is 0.275 e. The summed E-state index contributed by atoms with van der Waals surface area (Å²) in [5.74, 6) is 0.439. The molecule has 1 heterocycles. The molecule has 0 aliphatic rings. The van der Waals surface area contributed by atoms with Crippen molar-refractivity contribution in [3.05, 3.63) is 71.8 Å². The van der Waals surface area contributed by atoms with Gasteiger partial charge >= 0.3 is 0 Å². The van der Waals surface area contributed by atoms with E-state index in [9.17, 15) is 9.18 Å². The van der Waals surface area contributed by atoms with E-state index in [1.54, 1.807) is 25.4 Å². The summed E-state index contributed by atoms with van der Waals surface area (Å²) in [6, 6.07) is 13.5. The van der Waals surface area contributed by atoms with Gasteiger partial charge in [0.2, 0.25) is 0 Å². The third-order valence-electron chi connectivity index (χ3n) is 4.08. The molecule has 0 unspecified atom stereocenters. The lowest BCUT2D eigenvalue weighted by atomic mass is 10.1. The predicted molar refractivity (Wildman–Crippen MR) is 99.1 cm³/mol. The van der Waals surface area contributed by atoms with E-state index in [4.69, 9.17) is 9.47 Å². The predicted octanol–water partition coefficient (Wildman–Crippen LogP) is 3.00. The Morgan fingerprint density at radius 3 is 2.48 bits per heavy atom. The highest BCUT2D eigenvalue weighted by molar-refractivity contribution is 5.94. The van der Waals surface area contributed by atoms with E-state index in [2.05, 4.69) is 10.4 Å². The number of methoxy groups -OCH3 is 2. The molecule has 0 fully saturated rings. The molecule has 0 saturated heterocycles. The highest BCUT2D eigenvalue weighted by atomic mass is 19.1. The van der Waals surface area contributed by atoms with Crippen LogP contribution < -0.4 is 14.8 Å². The Morgan fingerprint density at radius 1 is 1.07 bits per heavy atom. The van der Waals surface area contributed by atoms with Gasteiger partial charge in [-0.05, 0) is 42.3 Å². The second-order valence-corrected chi connectivity index (χ2v) is 5.78. The maximum atomic E-state index is 13.1. The number of carbonyl (C=O) groups excluding carboxylic acids is 1. The highest BCUT2D eigenvalue weighted by Gasteiger charge is 2.18. The Balaban J connectivity index is 1.70. The molecular formula is C20H20FN3O3. The fourth-order valence-electron chi connectivity index (χ4n) is 2.69. The molecule has 0 aliphatic carbocycles. The van der Waals surface area contributed by atoms with Gasteiger partial charge in [-0.2, -0.15) is 5.10 Å². The third kappa shape index (κ3) is 4.25. The molecule has 140 valence electrons. The molecule has 0 atom stereocenters. The molecule has 0 bridgehead atoms. The van der Waals surface area contributed by atoms with Crippen molar-refractivity contribution in [2.24, 2.45) is 0 Å². The van der Waals surface area contributed by atoms with Gasteiger partial charge in [-0.15, -0.1) is 0 Å². The van der Waals surface area contributed by atoms with Crippen LogP contribution in [0.2, 0.25) is 0 Å². The second-order valence-electron chi connectivity index (χ2n) is 5.78. The minimum atomic E-state index is -0.345. The van der Waals surface area contributed by atoms with Crippen LogP contribution in [0.1, 0.15) is 16.1 Å². The Hall–Kier alpha value is -3.35. The third-order valence-corrected chi connectivity index (χ3v) is 4.08. The molecule has 6 nitrogen and oxygen atoms in total. The number of nitrogens with zero attached hydrogens (tertiary/aromatic N) is 2. The van der Waals surface area contributed by atoms with E-state index in [0.29, 0.717) is 24.4 Å². The zero-order valence-electron chi connectivity index (χ0n) is 15.1. The summed E-state index contributed by atoms with van der Waals surface area (Å²) >= 11 is 0. The molecule has 0 radical (unpaired) electrons. The van der Waals surface area contributed by atoms with Gasteiger partial charge in [-0.3, -0.25) is 4.79 Å². The number of rotatable bonds is 7. The van der Waals surface area contributed by atoms with Gasteiger partial charge in [0.05, 0.1) is 26.1 Å². The van der Waals surface area contributed by atoms with Crippen LogP contribution in [0, 0.1) is 5.82 Å². The number of hydrogen-bond acceptors (Lipinski definition) is 4. The summed E-state index contributed by atoms with van der Waals surface area (Å²) in [6.07, 6.45) is 2.21. The summed E-state index contributed by atoms with van der Waals surface area (Å²) in [5.41, 5.74) is 1.80. The number of ether oxygens (including phenoxy) is 2.